The second-order valence-corrected chi connectivity index (χ2v) is 9.47. The van der Waals surface area contributed by atoms with E-state index in [0.29, 0.717) is 25.4 Å². The summed E-state index contributed by atoms with van der Waals surface area (Å²) < 4.78 is 5.40. The molecule has 7 nitrogen and oxygen atoms in total. The van der Waals surface area contributed by atoms with Gasteiger partial charge < -0.3 is 15.0 Å². The van der Waals surface area contributed by atoms with Crippen molar-refractivity contribution in [2.75, 3.05) is 57.4 Å². The van der Waals surface area contributed by atoms with Crippen LogP contribution in [0.2, 0.25) is 0 Å². The van der Waals surface area contributed by atoms with E-state index in [2.05, 4.69) is 51.5 Å². The number of carbonyl (C=O) groups excluding carboxylic acids is 1. The van der Waals surface area contributed by atoms with Crippen LogP contribution in [0, 0.1) is 0 Å². The first-order valence-electron chi connectivity index (χ1n) is 12.9. The number of para-hydroxylation sites is 1. The standard InChI is InChI=1S/C28H35N5O2/c34-26(29-14-17-32-18-20-35-21-19-32)13-16-33(15-12-22-6-2-1-3-7-22)28-24-8-4-5-9-25(24)30-27(31-28)23-10-11-23/h1-9,23H,10-21H2,(H,29,34). The number of anilines is 1. The zero-order chi connectivity index (χ0) is 23.9. The highest BCUT2D eigenvalue weighted by Gasteiger charge is 2.28. The molecule has 0 spiro atoms. The number of ether oxygens (including phenoxy) is 1. The van der Waals surface area contributed by atoms with E-state index in [1.54, 1.807) is 0 Å². The maximum Gasteiger partial charge on any atom is 0.221 e. The van der Waals surface area contributed by atoms with Crippen LogP contribution >= 0.6 is 0 Å². The van der Waals surface area contributed by atoms with E-state index in [1.807, 2.05) is 18.2 Å². The molecule has 1 N–H and O–H groups in total. The van der Waals surface area contributed by atoms with Crippen molar-refractivity contribution in [2.45, 2.75) is 31.6 Å². The summed E-state index contributed by atoms with van der Waals surface area (Å²) in [7, 11) is 0. The highest BCUT2D eigenvalue weighted by Crippen LogP contribution is 2.39. The molecule has 0 bridgehead atoms. The average Bonchev–Trinajstić information content (AvgIpc) is 3.75. The third kappa shape index (κ3) is 6.55. The normalized spacial score (nSPS) is 16.3. The number of benzene rings is 2. The quantitative estimate of drug-likeness (QED) is 0.460. The average molecular weight is 474 g/mol. The fourth-order valence-electron chi connectivity index (χ4n) is 4.58. The molecule has 184 valence electrons. The number of nitrogens with zero attached hydrogens (tertiary/aromatic N) is 4. The molecule has 1 aromatic heterocycles. The Bertz CT molecular complexity index is 1110. The number of carbonyl (C=O) groups is 1. The van der Waals surface area contributed by atoms with Crippen molar-refractivity contribution in [3.05, 3.63) is 66.0 Å². The lowest BCUT2D eigenvalue weighted by Gasteiger charge is -2.27. The second-order valence-electron chi connectivity index (χ2n) is 9.47. The highest BCUT2D eigenvalue weighted by atomic mass is 16.5. The lowest BCUT2D eigenvalue weighted by Crippen LogP contribution is -2.41. The van der Waals surface area contributed by atoms with Crippen LogP contribution in [0.5, 0.6) is 0 Å². The van der Waals surface area contributed by atoms with Gasteiger partial charge in [-0.3, -0.25) is 9.69 Å². The fraction of sp³-hybridized carbons (Fsp3) is 0.464. The molecule has 2 heterocycles. The molecule has 5 rings (SSSR count). The third-order valence-electron chi connectivity index (χ3n) is 6.82. The van der Waals surface area contributed by atoms with Crippen molar-refractivity contribution < 1.29 is 9.53 Å². The number of amides is 1. The van der Waals surface area contributed by atoms with E-state index < -0.39 is 0 Å². The van der Waals surface area contributed by atoms with Gasteiger partial charge in [0, 0.05) is 57.0 Å². The Hall–Kier alpha value is -3.03. The zero-order valence-corrected chi connectivity index (χ0v) is 20.4. The minimum atomic E-state index is 0.0868. The Balaban J connectivity index is 1.28. The van der Waals surface area contributed by atoms with E-state index in [-0.39, 0.29) is 5.91 Å². The number of rotatable bonds is 11. The predicted octanol–water partition coefficient (Wildman–Crippen LogP) is 3.39. The van der Waals surface area contributed by atoms with Gasteiger partial charge in [0.25, 0.3) is 0 Å². The largest absolute Gasteiger partial charge is 0.379 e. The van der Waals surface area contributed by atoms with Gasteiger partial charge in [0.15, 0.2) is 0 Å². The molecule has 1 amide bonds. The molecule has 1 aliphatic heterocycles. The minimum absolute atomic E-state index is 0.0868. The SMILES string of the molecule is O=C(CCN(CCc1ccccc1)c1nc(C2CC2)nc2ccccc12)NCCN1CCOCC1. The topological polar surface area (TPSA) is 70.6 Å². The maximum absolute atomic E-state index is 12.7. The van der Waals surface area contributed by atoms with Crippen LogP contribution in [0.4, 0.5) is 5.82 Å². The van der Waals surface area contributed by atoms with Crippen LogP contribution in [-0.2, 0) is 16.0 Å². The van der Waals surface area contributed by atoms with Crippen molar-refractivity contribution >= 4 is 22.6 Å². The van der Waals surface area contributed by atoms with Gasteiger partial charge in [0.2, 0.25) is 5.91 Å². The number of morpholine rings is 1. The summed E-state index contributed by atoms with van der Waals surface area (Å²) in [5.41, 5.74) is 2.27. The van der Waals surface area contributed by atoms with Crippen LogP contribution in [0.15, 0.2) is 54.6 Å². The molecule has 1 saturated carbocycles. The van der Waals surface area contributed by atoms with Crippen molar-refractivity contribution in [1.29, 1.82) is 0 Å². The van der Waals surface area contributed by atoms with Crippen LogP contribution < -0.4 is 10.2 Å². The summed E-state index contributed by atoms with van der Waals surface area (Å²) in [6, 6.07) is 18.8. The van der Waals surface area contributed by atoms with Gasteiger partial charge in [-0.05, 0) is 37.0 Å². The predicted molar refractivity (Wildman–Crippen MR) is 139 cm³/mol. The lowest BCUT2D eigenvalue weighted by atomic mass is 10.1. The van der Waals surface area contributed by atoms with Gasteiger partial charge in [0.05, 0.1) is 18.7 Å². The molecule has 7 heteroatoms. The molecule has 3 aromatic rings. The molecular formula is C28H35N5O2. The summed E-state index contributed by atoms with van der Waals surface area (Å²) in [5, 5.41) is 4.16. The number of hydrogen-bond acceptors (Lipinski definition) is 6. The van der Waals surface area contributed by atoms with Gasteiger partial charge in [0.1, 0.15) is 11.6 Å². The van der Waals surface area contributed by atoms with Crippen LogP contribution in [-0.4, -0.2) is 73.3 Å². The maximum atomic E-state index is 12.7. The Morgan fingerprint density at radius 1 is 1.00 bits per heavy atom. The minimum Gasteiger partial charge on any atom is -0.379 e. The van der Waals surface area contributed by atoms with E-state index in [0.717, 1.165) is 81.2 Å². The van der Waals surface area contributed by atoms with Crippen LogP contribution in [0.3, 0.4) is 0 Å². The van der Waals surface area contributed by atoms with E-state index in [9.17, 15) is 4.79 Å². The third-order valence-corrected chi connectivity index (χ3v) is 6.82. The van der Waals surface area contributed by atoms with Crippen molar-refractivity contribution in [3.8, 4) is 0 Å². The van der Waals surface area contributed by atoms with Gasteiger partial charge in [-0.25, -0.2) is 9.97 Å². The van der Waals surface area contributed by atoms with Crippen molar-refractivity contribution in [3.63, 3.8) is 0 Å². The Kier molecular flexibility index (Phi) is 7.85. The molecular weight excluding hydrogens is 438 g/mol. The van der Waals surface area contributed by atoms with Gasteiger partial charge in [-0.1, -0.05) is 42.5 Å². The fourth-order valence-corrected chi connectivity index (χ4v) is 4.58. The summed E-state index contributed by atoms with van der Waals surface area (Å²) >= 11 is 0. The Labute approximate surface area is 207 Å². The zero-order valence-electron chi connectivity index (χ0n) is 20.4. The van der Waals surface area contributed by atoms with Crippen molar-refractivity contribution in [2.24, 2.45) is 0 Å². The van der Waals surface area contributed by atoms with Gasteiger partial charge in [-0.15, -0.1) is 0 Å². The first-order chi connectivity index (χ1) is 17.3. The highest BCUT2D eigenvalue weighted by molar-refractivity contribution is 5.90. The van der Waals surface area contributed by atoms with Crippen LogP contribution in [0.25, 0.3) is 10.9 Å². The molecule has 0 atom stereocenters. The molecule has 1 saturated heterocycles. The molecule has 0 radical (unpaired) electrons. The number of aromatic nitrogens is 2. The lowest BCUT2D eigenvalue weighted by molar-refractivity contribution is -0.121. The first kappa shape index (κ1) is 23.7. The summed E-state index contributed by atoms with van der Waals surface area (Å²) in [6.07, 6.45) is 3.66. The molecule has 35 heavy (non-hydrogen) atoms. The van der Waals surface area contributed by atoms with Crippen molar-refractivity contribution in [1.82, 2.24) is 20.2 Å². The van der Waals surface area contributed by atoms with E-state index in [1.165, 1.54) is 5.56 Å². The number of fused-ring (bicyclic) bond motifs is 1. The second kappa shape index (κ2) is 11.6. The first-order valence-corrected chi connectivity index (χ1v) is 12.9. The number of hydrogen-bond donors (Lipinski definition) is 1. The summed E-state index contributed by atoms with van der Waals surface area (Å²) in [5.74, 6) is 2.45. The van der Waals surface area contributed by atoms with Gasteiger partial charge >= 0.3 is 0 Å². The Morgan fingerprint density at radius 2 is 1.77 bits per heavy atom. The monoisotopic (exact) mass is 473 g/mol. The Morgan fingerprint density at radius 3 is 2.57 bits per heavy atom. The summed E-state index contributed by atoms with van der Waals surface area (Å²) in [4.78, 5) is 27.2. The molecule has 2 aromatic carbocycles. The molecule has 0 unspecified atom stereocenters. The molecule has 2 fully saturated rings. The van der Waals surface area contributed by atoms with E-state index >= 15 is 0 Å². The van der Waals surface area contributed by atoms with E-state index in [4.69, 9.17) is 14.7 Å². The molecule has 1 aliphatic carbocycles. The smallest absolute Gasteiger partial charge is 0.221 e. The van der Waals surface area contributed by atoms with Crippen LogP contribution in [0.1, 0.15) is 36.6 Å². The molecule has 2 aliphatic rings. The summed E-state index contributed by atoms with van der Waals surface area (Å²) in [6.45, 7) is 6.40. The number of nitrogens with one attached hydrogen (secondary N) is 1. The van der Waals surface area contributed by atoms with Gasteiger partial charge in [-0.2, -0.15) is 0 Å².